The van der Waals surface area contributed by atoms with E-state index in [0.717, 1.165) is 22.0 Å². The lowest BCUT2D eigenvalue weighted by Gasteiger charge is -2.19. The lowest BCUT2D eigenvalue weighted by Crippen LogP contribution is -2.05. The van der Waals surface area contributed by atoms with Crippen LogP contribution in [0.5, 0.6) is 11.5 Å². The summed E-state index contributed by atoms with van der Waals surface area (Å²) in [7, 11) is 0. The van der Waals surface area contributed by atoms with Gasteiger partial charge in [0.05, 0.1) is 0 Å². The molecule has 2 unspecified atom stereocenters. The zero-order valence-corrected chi connectivity index (χ0v) is 12.7. The van der Waals surface area contributed by atoms with Crippen LogP contribution in [0.15, 0.2) is 60.7 Å². The molecule has 2 bridgehead atoms. The Balaban J connectivity index is 1.51. The fourth-order valence-corrected chi connectivity index (χ4v) is 4.68. The quantitative estimate of drug-likeness (QED) is 0.736. The van der Waals surface area contributed by atoms with E-state index in [9.17, 15) is 0 Å². The molecule has 2 aromatic rings. The van der Waals surface area contributed by atoms with Gasteiger partial charge in [-0.15, -0.1) is 0 Å². The summed E-state index contributed by atoms with van der Waals surface area (Å²) in [4.78, 5) is 0. The smallest absolute Gasteiger partial charge is 0.127 e. The number of rotatable bonds is 3. The van der Waals surface area contributed by atoms with Gasteiger partial charge in [0.2, 0.25) is 0 Å². The molecule has 0 aliphatic carbocycles. The summed E-state index contributed by atoms with van der Waals surface area (Å²) in [5.74, 6) is 1.79. The van der Waals surface area contributed by atoms with Crippen molar-refractivity contribution in [1.29, 1.82) is 0 Å². The van der Waals surface area contributed by atoms with Gasteiger partial charge in [0, 0.05) is 10.5 Å². The average Bonchev–Trinajstić information content (AvgIpc) is 2.87. The van der Waals surface area contributed by atoms with Crippen molar-refractivity contribution in [2.24, 2.45) is 0 Å². The second-order valence-electron chi connectivity index (χ2n) is 5.71. The van der Waals surface area contributed by atoms with Crippen LogP contribution in [-0.2, 0) is 0 Å². The second-order valence-corrected chi connectivity index (χ2v) is 7.25. The third kappa shape index (κ3) is 2.86. The number of hydrogen-bond donors (Lipinski definition) is 0. The van der Waals surface area contributed by atoms with Crippen LogP contribution in [0.4, 0.5) is 0 Å². The molecule has 0 N–H and O–H groups in total. The maximum Gasteiger partial charge on any atom is 0.127 e. The zero-order valence-electron chi connectivity index (χ0n) is 11.9. The summed E-state index contributed by atoms with van der Waals surface area (Å²) >= 11 is 2.15. The Hall–Kier alpha value is -1.67. The second kappa shape index (κ2) is 5.61. The first-order valence-corrected chi connectivity index (χ1v) is 8.50. The topological polar surface area (TPSA) is 9.23 Å². The summed E-state index contributed by atoms with van der Waals surface area (Å²) in [5, 5.41) is 1.59. The van der Waals surface area contributed by atoms with Gasteiger partial charge < -0.3 is 4.74 Å². The molecule has 2 heteroatoms. The summed E-state index contributed by atoms with van der Waals surface area (Å²) in [6.45, 7) is 0. The van der Waals surface area contributed by atoms with Crippen molar-refractivity contribution >= 4 is 17.3 Å². The van der Waals surface area contributed by atoms with Gasteiger partial charge in [0.25, 0.3) is 0 Å². The largest absolute Gasteiger partial charge is 0.457 e. The fraction of sp³-hybridized carbons (Fsp3) is 0.263. The summed E-state index contributed by atoms with van der Waals surface area (Å²) in [6, 6.07) is 18.5. The molecule has 0 spiro atoms. The van der Waals surface area contributed by atoms with Gasteiger partial charge in [0.15, 0.2) is 0 Å². The molecule has 1 nitrogen and oxygen atoms in total. The van der Waals surface area contributed by atoms with Crippen molar-refractivity contribution < 1.29 is 4.74 Å². The van der Waals surface area contributed by atoms with Crippen molar-refractivity contribution in [1.82, 2.24) is 0 Å². The Bertz CT molecular complexity index is 645. The lowest BCUT2D eigenvalue weighted by molar-refractivity contribution is 0.482. The van der Waals surface area contributed by atoms with Crippen LogP contribution in [0.3, 0.4) is 0 Å². The van der Waals surface area contributed by atoms with Crippen LogP contribution in [0.1, 0.15) is 24.8 Å². The molecular weight excluding hydrogens is 276 g/mol. The van der Waals surface area contributed by atoms with Gasteiger partial charge in [-0.05, 0) is 54.7 Å². The normalized spacial score (nSPS) is 23.7. The Morgan fingerprint density at radius 3 is 2.38 bits per heavy atom. The molecule has 0 saturated carbocycles. The molecular formula is C19H18OS. The molecule has 2 aliphatic rings. The summed E-state index contributed by atoms with van der Waals surface area (Å²) < 4.78 is 5.85. The van der Waals surface area contributed by atoms with Crippen LogP contribution in [0, 0.1) is 0 Å². The Labute approximate surface area is 130 Å². The molecule has 1 saturated heterocycles. The molecule has 2 atom stereocenters. The number of thioether (sulfide) groups is 1. The highest BCUT2D eigenvalue weighted by molar-refractivity contribution is 8.01. The maximum atomic E-state index is 5.85. The third-order valence-corrected chi connectivity index (χ3v) is 5.69. The monoisotopic (exact) mass is 294 g/mol. The average molecular weight is 294 g/mol. The molecule has 2 heterocycles. The Kier molecular flexibility index (Phi) is 3.48. The summed E-state index contributed by atoms with van der Waals surface area (Å²) in [5.41, 5.74) is 2.88. The van der Waals surface area contributed by atoms with Crippen molar-refractivity contribution in [3.8, 4) is 11.5 Å². The number of hydrogen-bond acceptors (Lipinski definition) is 2. The minimum absolute atomic E-state index is 0.749. The first-order chi connectivity index (χ1) is 10.4. The SMILES string of the molecule is C1=C(c2ccc(Oc3ccccc3)cc2)CC2CCC1S2. The van der Waals surface area contributed by atoms with Crippen LogP contribution in [0.25, 0.3) is 5.57 Å². The van der Waals surface area contributed by atoms with Crippen LogP contribution in [-0.4, -0.2) is 10.5 Å². The van der Waals surface area contributed by atoms with Gasteiger partial charge in [-0.2, -0.15) is 11.8 Å². The minimum Gasteiger partial charge on any atom is -0.457 e. The van der Waals surface area contributed by atoms with E-state index >= 15 is 0 Å². The molecule has 21 heavy (non-hydrogen) atoms. The van der Waals surface area contributed by atoms with Crippen molar-refractivity contribution in [3.05, 3.63) is 66.2 Å². The van der Waals surface area contributed by atoms with E-state index in [1.54, 1.807) is 0 Å². The molecule has 2 aliphatic heterocycles. The van der Waals surface area contributed by atoms with E-state index in [4.69, 9.17) is 4.74 Å². The molecule has 0 radical (unpaired) electrons. The van der Waals surface area contributed by atoms with Gasteiger partial charge in [-0.3, -0.25) is 0 Å². The molecule has 0 amide bonds. The van der Waals surface area contributed by atoms with Crippen molar-refractivity contribution in [3.63, 3.8) is 0 Å². The molecule has 4 rings (SSSR count). The van der Waals surface area contributed by atoms with Gasteiger partial charge >= 0.3 is 0 Å². The van der Waals surface area contributed by atoms with Gasteiger partial charge in [-0.25, -0.2) is 0 Å². The van der Waals surface area contributed by atoms with E-state index in [0.29, 0.717) is 0 Å². The predicted molar refractivity (Wildman–Crippen MR) is 90.0 cm³/mol. The maximum absolute atomic E-state index is 5.85. The van der Waals surface area contributed by atoms with Gasteiger partial charge in [-0.1, -0.05) is 36.4 Å². The first-order valence-electron chi connectivity index (χ1n) is 7.56. The Morgan fingerprint density at radius 2 is 1.62 bits per heavy atom. The van der Waals surface area contributed by atoms with Crippen molar-refractivity contribution in [2.75, 3.05) is 0 Å². The van der Waals surface area contributed by atoms with Gasteiger partial charge in [0.1, 0.15) is 11.5 Å². The number of benzene rings is 2. The predicted octanol–water partition coefficient (Wildman–Crippen LogP) is 5.53. The first kappa shape index (κ1) is 13.0. The number of fused-ring (bicyclic) bond motifs is 2. The molecule has 2 aromatic carbocycles. The number of para-hydroxylation sites is 1. The van der Waals surface area contributed by atoms with Crippen LogP contribution in [0.2, 0.25) is 0 Å². The van der Waals surface area contributed by atoms with E-state index < -0.39 is 0 Å². The van der Waals surface area contributed by atoms with E-state index in [1.807, 2.05) is 30.3 Å². The van der Waals surface area contributed by atoms with Crippen LogP contribution >= 0.6 is 11.8 Å². The molecule has 0 aromatic heterocycles. The zero-order chi connectivity index (χ0) is 14.1. The van der Waals surface area contributed by atoms with Crippen molar-refractivity contribution in [2.45, 2.75) is 29.8 Å². The highest BCUT2D eigenvalue weighted by atomic mass is 32.2. The number of allylic oxidation sites excluding steroid dienone is 1. The third-order valence-electron chi connectivity index (χ3n) is 4.18. The van der Waals surface area contributed by atoms with E-state index in [2.05, 4.69) is 42.1 Å². The molecule has 106 valence electrons. The minimum atomic E-state index is 0.749. The highest BCUT2D eigenvalue weighted by Crippen LogP contribution is 2.45. The number of ether oxygens (including phenoxy) is 1. The fourth-order valence-electron chi connectivity index (χ4n) is 3.12. The molecule has 1 fully saturated rings. The van der Waals surface area contributed by atoms with E-state index in [-0.39, 0.29) is 0 Å². The lowest BCUT2D eigenvalue weighted by atomic mass is 10.0. The Morgan fingerprint density at radius 1 is 0.857 bits per heavy atom. The summed E-state index contributed by atoms with van der Waals surface area (Å²) in [6.07, 6.45) is 6.43. The highest BCUT2D eigenvalue weighted by Gasteiger charge is 2.29. The standard InChI is InChI=1S/C19H18OS/c1-2-4-16(5-3-1)20-17-8-6-14(7-9-17)15-12-18-10-11-19(13-15)21-18/h1-9,12,18-19H,10-11,13H2. The van der Waals surface area contributed by atoms with E-state index in [1.165, 1.54) is 30.4 Å². The van der Waals surface area contributed by atoms with Crippen LogP contribution < -0.4 is 4.74 Å².